The average Bonchev–Trinajstić information content (AvgIpc) is 2.97. The zero-order valence-electron chi connectivity index (χ0n) is 14.9. The Balaban J connectivity index is 1.49. The molecule has 0 spiro atoms. The van der Waals surface area contributed by atoms with Crippen molar-refractivity contribution >= 4 is 22.7 Å². The molecule has 2 N–H and O–H groups in total. The lowest BCUT2D eigenvalue weighted by atomic mass is 9.87. The standard InChI is InChI=1S/C21H24N2O2/c1-21(2,3)16-8-10-17(11-9-16)23-20(24)22-13-12-18-14-15-6-4-5-7-19(15)25-18/h4-11,14H,12-13H2,1-3H3,(H2,22,23,24). The summed E-state index contributed by atoms with van der Waals surface area (Å²) in [6.45, 7) is 7.02. The normalized spacial score (nSPS) is 11.5. The SMILES string of the molecule is CC(C)(C)c1ccc(NC(=O)NCCc2cc3ccccc3o2)cc1. The first kappa shape index (κ1) is 17.1. The highest BCUT2D eigenvalue weighted by Crippen LogP contribution is 2.23. The summed E-state index contributed by atoms with van der Waals surface area (Å²) in [5.74, 6) is 0.871. The highest BCUT2D eigenvalue weighted by molar-refractivity contribution is 5.89. The molecule has 0 radical (unpaired) electrons. The minimum absolute atomic E-state index is 0.105. The number of carbonyl (C=O) groups is 1. The topological polar surface area (TPSA) is 54.3 Å². The third kappa shape index (κ3) is 4.41. The number of para-hydroxylation sites is 1. The molecule has 0 saturated carbocycles. The van der Waals surface area contributed by atoms with Gasteiger partial charge < -0.3 is 15.1 Å². The van der Waals surface area contributed by atoms with Gasteiger partial charge >= 0.3 is 6.03 Å². The molecule has 2 amide bonds. The molecule has 4 heteroatoms. The number of carbonyl (C=O) groups excluding carboxylic acids is 1. The van der Waals surface area contributed by atoms with Gasteiger partial charge in [0.1, 0.15) is 11.3 Å². The van der Waals surface area contributed by atoms with E-state index in [9.17, 15) is 4.79 Å². The lowest BCUT2D eigenvalue weighted by Crippen LogP contribution is -2.30. The van der Waals surface area contributed by atoms with E-state index in [0.717, 1.165) is 22.4 Å². The number of nitrogens with one attached hydrogen (secondary N) is 2. The van der Waals surface area contributed by atoms with Gasteiger partial charge in [-0.1, -0.05) is 51.1 Å². The number of hydrogen-bond acceptors (Lipinski definition) is 2. The van der Waals surface area contributed by atoms with E-state index in [-0.39, 0.29) is 11.4 Å². The van der Waals surface area contributed by atoms with Crippen molar-refractivity contribution in [2.45, 2.75) is 32.6 Å². The zero-order chi connectivity index (χ0) is 17.9. The van der Waals surface area contributed by atoms with E-state index >= 15 is 0 Å². The molecule has 4 nitrogen and oxygen atoms in total. The van der Waals surface area contributed by atoms with Crippen LogP contribution in [0.2, 0.25) is 0 Å². The number of amides is 2. The second-order valence-corrected chi connectivity index (χ2v) is 7.21. The van der Waals surface area contributed by atoms with Gasteiger partial charge in [0.15, 0.2) is 0 Å². The second kappa shape index (κ2) is 7.01. The van der Waals surface area contributed by atoms with Gasteiger partial charge in [0, 0.05) is 24.0 Å². The molecule has 0 fully saturated rings. The van der Waals surface area contributed by atoms with Gasteiger partial charge in [-0.25, -0.2) is 4.79 Å². The largest absolute Gasteiger partial charge is 0.461 e. The first-order valence-corrected chi connectivity index (χ1v) is 8.55. The molecule has 3 rings (SSSR count). The van der Waals surface area contributed by atoms with Crippen molar-refractivity contribution in [1.29, 1.82) is 0 Å². The summed E-state index contributed by atoms with van der Waals surface area (Å²) in [5, 5.41) is 6.80. The third-order valence-electron chi connectivity index (χ3n) is 4.14. The minimum atomic E-state index is -0.209. The van der Waals surface area contributed by atoms with Gasteiger partial charge in [-0.05, 0) is 35.2 Å². The van der Waals surface area contributed by atoms with Gasteiger partial charge in [-0.2, -0.15) is 0 Å². The number of rotatable bonds is 4. The number of furan rings is 1. The van der Waals surface area contributed by atoms with Crippen LogP contribution in [0.4, 0.5) is 10.5 Å². The van der Waals surface area contributed by atoms with E-state index in [1.54, 1.807) is 0 Å². The van der Waals surface area contributed by atoms with Crippen LogP contribution >= 0.6 is 0 Å². The van der Waals surface area contributed by atoms with Crippen molar-refractivity contribution in [3.8, 4) is 0 Å². The van der Waals surface area contributed by atoms with Crippen LogP contribution < -0.4 is 10.6 Å². The molecule has 2 aromatic carbocycles. The predicted octanol–water partition coefficient (Wildman–Crippen LogP) is 5.09. The first-order valence-electron chi connectivity index (χ1n) is 8.55. The molecule has 0 aliphatic heterocycles. The maximum atomic E-state index is 12.0. The van der Waals surface area contributed by atoms with Crippen molar-refractivity contribution in [1.82, 2.24) is 5.32 Å². The second-order valence-electron chi connectivity index (χ2n) is 7.21. The Morgan fingerprint density at radius 1 is 1.04 bits per heavy atom. The van der Waals surface area contributed by atoms with Crippen LogP contribution in [0.25, 0.3) is 11.0 Å². The molecular formula is C21H24N2O2. The molecule has 0 saturated heterocycles. The maximum absolute atomic E-state index is 12.0. The van der Waals surface area contributed by atoms with E-state index in [4.69, 9.17) is 4.42 Å². The van der Waals surface area contributed by atoms with Gasteiger partial charge in [0.2, 0.25) is 0 Å². The van der Waals surface area contributed by atoms with Crippen LogP contribution in [-0.4, -0.2) is 12.6 Å². The van der Waals surface area contributed by atoms with E-state index in [1.165, 1.54) is 5.56 Å². The summed E-state index contributed by atoms with van der Waals surface area (Å²) in [6, 6.07) is 17.7. The number of fused-ring (bicyclic) bond motifs is 1. The molecular weight excluding hydrogens is 312 g/mol. The molecule has 0 atom stereocenters. The zero-order valence-corrected chi connectivity index (χ0v) is 14.9. The molecule has 0 unspecified atom stereocenters. The third-order valence-corrected chi connectivity index (χ3v) is 4.14. The lowest BCUT2D eigenvalue weighted by molar-refractivity contribution is 0.252. The summed E-state index contributed by atoms with van der Waals surface area (Å²) < 4.78 is 5.74. The van der Waals surface area contributed by atoms with E-state index in [1.807, 2.05) is 54.6 Å². The number of benzene rings is 2. The van der Waals surface area contributed by atoms with Crippen LogP contribution in [-0.2, 0) is 11.8 Å². The van der Waals surface area contributed by atoms with Crippen LogP contribution in [0.3, 0.4) is 0 Å². The molecule has 3 aromatic rings. The Morgan fingerprint density at radius 2 is 1.76 bits per heavy atom. The van der Waals surface area contributed by atoms with Crippen LogP contribution in [0.1, 0.15) is 32.1 Å². The highest BCUT2D eigenvalue weighted by Gasteiger charge is 2.13. The summed E-state index contributed by atoms with van der Waals surface area (Å²) >= 11 is 0. The summed E-state index contributed by atoms with van der Waals surface area (Å²) in [6.07, 6.45) is 0.658. The summed E-state index contributed by atoms with van der Waals surface area (Å²) in [4.78, 5) is 12.0. The lowest BCUT2D eigenvalue weighted by Gasteiger charge is -2.19. The van der Waals surface area contributed by atoms with E-state index in [2.05, 4.69) is 31.4 Å². The van der Waals surface area contributed by atoms with E-state index < -0.39 is 0 Å². The minimum Gasteiger partial charge on any atom is -0.461 e. The van der Waals surface area contributed by atoms with Crippen molar-refractivity contribution in [3.63, 3.8) is 0 Å². The fourth-order valence-electron chi connectivity index (χ4n) is 2.69. The number of hydrogen-bond donors (Lipinski definition) is 2. The molecule has 0 aliphatic carbocycles. The fraction of sp³-hybridized carbons (Fsp3) is 0.286. The van der Waals surface area contributed by atoms with Gasteiger partial charge in [0.05, 0.1) is 0 Å². The number of urea groups is 1. The predicted molar refractivity (Wildman–Crippen MR) is 102 cm³/mol. The Labute approximate surface area is 148 Å². The first-order chi connectivity index (χ1) is 11.9. The Morgan fingerprint density at radius 3 is 2.44 bits per heavy atom. The van der Waals surface area contributed by atoms with Crippen molar-refractivity contribution in [2.75, 3.05) is 11.9 Å². The summed E-state index contributed by atoms with van der Waals surface area (Å²) in [7, 11) is 0. The smallest absolute Gasteiger partial charge is 0.319 e. The van der Waals surface area contributed by atoms with Gasteiger partial charge in [0.25, 0.3) is 0 Å². The summed E-state index contributed by atoms with van der Waals surface area (Å²) in [5.41, 5.74) is 3.01. The fourth-order valence-corrected chi connectivity index (χ4v) is 2.69. The van der Waals surface area contributed by atoms with Crippen molar-refractivity contribution < 1.29 is 9.21 Å². The highest BCUT2D eigenvalue weighted by atomic mass is 16.3. The average molecular weight is 336 g/mol. The van der Waals surface area contributed by atoms with Crippen LogP contribution in [0.15, 0.2) is 59.0 Å². The van der Waals surface area contributed by atoms with Gasteiger partial charge in [-0.15, -0.1) is 0 Å². The molecule has 130 valence electrons. The number of anilines is 1. The molecule has 25 heavy (non-hydrogen) atoms. The maximum Gasteiger partial charge on any atom is 0.319 e. The van der Waals surface area contributed by atoms with Crippen LogP contribution in [0.5, 0.6) is 0 Å². The quantitative estimate of drug-likeness (QED) is 0.697. The Hall–Kier alpha value is -2.75. The molecule has 0 aliphatic rings. The monoisotopic (exact) mass is 336 g/mol. The van der Waals surface area contributed by atoms with E-state index in [0.29, 0.717) is 13.0 Å². The Kier molecular flexibility index (Phi) is 4.79. The van der Waals surface area contributed by atoms with Crippen molar-refractivity contribution in [2.24, 2.45) is 0 Å². The molecule has 1 aromatic heterocycles. The van der Waals surface area contributed by atoms with Crippen molar-refractivity contribution in [3.05, 3.63) is 65.9 Å². The molecule has 1 heterocycles. The van der Waals surface area contributed by atoms with Gasteiger partial charge in [-0.3, -0.25) is 0 Å². The molecule has 0 bridgehead atoms. The van der Waals surface area contributed by atoms with Crippen LogP contribution in [0, 0.1) is 0 Å². The Bertz CT molecular complexity index is 824.